The van der Waals surface area contributed by atoms with Crippen LogP contribution in [0.4, 0.5) is 17.3 Å². The van der Waals surface area contributed by atoms with Gasteiger partial charge in [0.05, 0.1) is 22.9 Å². The van der Waals surface area contributed by atoms with Gasteiger partial charge in [-0.15, -0.1) is 0 Å². The average molecular weight is 279 g/mol. The number of pyridine rings is 1. The Morgan fingerprint density at radius 2 is 2.19 bits per heavy atom. The number of hydrogen-bond acceptors (Lipinski definition) is 4. The molecule has 0 unspecified atom stereocenters. The number of aromatic nitrogens is 3. The number of anilines is 3. The molecule has 0 amide bonds. The molecule has 106 valence electrons. The predicted molar refractivity (Wildman–Crippen MR) is 85.1 cm³/mol. The van der Waals surface area contributed by atoms with E-state index in [2.05, 4.69) is 51.6 Å². The van der Waals surface area contributed by atoms with E-state index in [1.54, 1.807) is 12.4 Å². The minimum absolute atomic E-state index is 0.158. The molecule has 0 bridgehead atoms. The first-order valence-corrected chi connectivity index (χ1v) is 7.07. The summed E-state index contributed by atoms with van der Waals surface area (Å²) in [6.07, 6.45) is 3.53. The van der Waals surface area contributed by atoms with Crippen molar-refractivity contribution in [3.8, 4) is 0 Å². The molecule has 1 aromatic carbocycles. The number of rotatable bonds is 2. The highest BCUT2D eigenvalue weighted by molar-refractivity contribution is 5.85. The van der Waals surface area contributed by atoms with Gasteiger partial charge in [-0.1, -0.05) is 13.8 Å². The molecule has 0 atom stereocenters. The molecule has 5 heteroatoms. The second kappa shape index (κ2) is 4.22. The highest BCUT2D eigenvalue weighted by Crippen LogP contribution is 2.38. The van der Waals surface area contributed by atoms with Crippen LogP contribution in [0.5, 0.6) is 0 Å². The summed E-state index contributed by atoms with van der Waals surface area (Å²) >= 11 is 0. The van der Waals surface area contributed by atoms with Crippen molar-refractivity contribution < 1.29 is 0 Å². The van der Waals surface area contributed by atoms with E-state index in [-0.39, 0.29) is 5.41 Å². The van der Waals surface area contributed by atoms with Crippen molar-refractivity contribution >= 4 is 28.4 Å². The monoisotopic (exact) mass is 279 g/mol. The Balaban J connectivity index is 1.74. The molecule has 2 aromatic heterocycles. The molecule has 3 aromatic rings. The molecule has 3 heterocycles. The SMILES string of the molecule is CC1(C)CNc2cc3nc(Nc4cccnc4)[nH]c3cc21. The number of benzene rings is 1. The lowest BCUT2D eigenvalue weighted by atomic mass is 9.87. The molecular weight excluding hydrogens is 262 g/mol. The maximum absolute atomic E-state index is 4.60. The number of hydrogen-bond donors (Lipinski definition) is 3. The van der Waals surface area contributed by atoms with Crippen molar-refractivity contribution in [2.24, 2.45) is 0 Å². The zero-order chi connectivity index (χ0) is 14.4. The van der Waals surface area contributed by atoms with Crippen LogP contribution in [0.1, 0.15) is 19.4 Å². The first-order valence-electron chi connectivity index (χ1n) is 7.07. The van der Waals surface area contributed by atoms with Gasteiger partial charge in [-0.25, -0.2) is 4.98 Å². The Labute approximate surface area is 122 Å². The molecule has 1 aliphatic heterocycles. The van der Waals surface area contributed by atoms with E-state index in [4.69, 9.17) is 0 Å². The molecule has 0 saturated carbocycles. The Morgan fingerprint density at radius 3 is 3.00 bits per heavy atom. The molecule has 4 rings (SSSR count). The summed E-state index contributed by atoms with van der Waals surface area (Å²) in [7, 11) is 0. The minimum atomic E-state index is 0.158. The maximum Gasteiger partial charge on any atom is 0.205 e. The van der Waals surface area contributed by atoms with Crippen molar-refractivity contribution in [2.45, 2.75) is 19.3 Å². The van der Waals surface area contributed by atoms with Gasteiger partial charge in [-0.3, -0.25) is 4.98 Å². The van der Waals surface area contributed by atoms with Gasteiger partial charge in [0.25, 0.3) is 0 Å². The van der Waals surface area contributed by atoms with Crippen LogP contribution < -0.4 is 10.6 Å². The van der Waals surface area contributed by atoms with Gasteiger partial charge in [-0.2, -0.15) is 0 Å². The molecule has 0 aliphatic carbocycles. The summed E-state index contributed by atoms with van der Waals surface area (Å²) in [5.41, 5.74) is 5.62. The fraction of sp³-hybridized carbons (Fsp3) is 0.250. The molecule has 0 saturated heterocycles. The molecule has 0 fully saturated rings. The van der Waals surface area contributed by atoms with Gasteiger partial charge in [0, 0.05) is 23.8 Å². The molecule has 0 radical (unpaired) electrons. The standard InChI is InChI=1S/C16H17N5/c1-16(2)9-18-12-7-14-13(6-11(12)16)20-15(21-14)19-10-4-3-5-17-8-10/h3-8,18H,9H2,1-2H3,(H2,19,20,21). The molecular formula is C16H17N5. The zero-order valence-corrected chi connectivity index (χ0v) is 12.1. The normalized spacial score (nSPS) is 15.7. The van der Waals surface area contributed by atoms with Gasteiger partial charge in [0.15, 0.2) is 0 Å². The van der Waals surface area contributed by atoms with E-state index in [9.17, 15) is 0 Å². The van der Waals surface area contributed by atoms with Crippen LogP contribution in [-0.4, -0.2) is 21.5 Å². The van der Waals surface area contributed by atoms with E-state index in [0.717, 1.165) is 29.2 Å². The molecule has 1 aliphatic rings. The van der Waals surface area contributed by atoms with Gasteiger partial charge in [0.1, 0.15) is 0 Å². The quantitative estimate of drug-likeness (QED) is 0.672. The predicted octanol–water partition coefficient (Wildman–Crippen LogP) is 3.40. The largest absolute Gasteiger partial charge is 0.384 e. The summed E-state index contributed by atoms with van der Waals surface area (Å²) in [5.74, 6) is 0.736. The molecule has 21 heavy (non-hydrogen) atoms. The van der Waals surface area contributed by atoms with Gasteiger partial charge in [0.2, 0.25) is 5.95 Å². The van der Waals surface area contributed by atoms with Crippen molar-refractivity contribution in [1.29, 1.82) is 0 Å². The molecule has 3 N–H and O–H groups in total. The summed E-state index contributed by atoms with van der Waals surface area (Å²) in [6, 6.07) is 8.17. The van der Waals surface area contributed by atoms with Crippen molar-refractivity contribution in [3.05, 3.63) is 42.2 Å². The van der Waals surface area contributed by atoms with E-state index >= 15 is 0 Å². The lowest BCUT2D eigenvalue weighted by Crippen LogP contribution is -2.18. The number of fused-ring (bicyclic) bond motifs is 2. The van der Waals surface area contributed by atoms with E-state index in [1.807, 2.05) is 12.1 Å². The van der Waals surface area contributed by atoms with Crippen LogP contribution in [0.25, 0.3) is 11.0 Å². The number of aromatic amines is 1. The number of H-pyrrole nitrogens is 1. The van der Waals surface area contributed by atoms with Crippen molar-refractivity contribution in [1.82, 2.24) is 15.0 Å². The second-order valence-corrected chi connectivity index (χ2v) is 6.10. The molecule has 5 nitrogen and oxygen atoms in total. The van der Waals surface area contributed by atoms with E-state index < -0.39 is 0 Å². The van der Waals surface area contributed by atoms with Gasteiger partial charge in [-0.05, 0) is 29.8 Å². The third kappa shape index (κ3) is 2.01. The Morgan fingerprint density at radius 1 is 1.29 bits per heavy atom. The van der Waals surface area contributed by atoms with Gasteiger partial charge >= 0.3 is 0 Å². The Hall–Kier alpha value is -2.56. The Kier molecular flexibility index (Phi) is 2.45. The van der Waals surface area contributed by atoms with Crippen LogP contribution >= 0.6 is 0 Å². The van der Waals surface area contributed by atoms with Crippen LogP contribution in [-0.2, 0) is 5.41 Å². The topological polar surface area (TPSA) is 65.6 Å². The first-order chi connectivity index (χ1) is 10.1. The fourth-order valence-corrected chi connectivity index (χ4v) is 2.81. The average Bonchev–Trinajstić information content (AvgIpc) is 2.98. The van der Waals surface area contributed by atoms with Crippen LogP contribution in [0, 0.1) is 0 Å². The van der Waals surface area contributed by atoms with Crippen LogP contribution in [0.2, 0.25) is 0 Å². The van der Waals surface area contributed by atoms with Crippen molar-refractivity contribution in [3.63, 3.8) is 0 Å². The lowest BCUT2D eigenvalue weighted by Gasteiger charge is -2.16. The highest BCUT2D eigenvalue weighted by Gasteiger charge is 2.30. The van der Waals surface area contributed by atoms with E-state index in [0.29, 0.717) is 0 Å². The molecule has 0 spiro atoms. The van der Waals surface area contributed by atoms with Gasteiger partial charge < -0.3 is 15.6 Å². The van der Waals surface area contributed by atoms with E-state index in [1.165, 1.54) is 11.3 Å². The highest BCUT2D eigenvalue weighted by atomic mass is 15.1. The summed E-state index contributed by atoms with van der Waals surface area (Å²) < 4.78 is 0. The number of nitrogens with zero attached hydrogens (tertiary/aromatic N) is 2. The lowest BCUT2D eigenvalue weighted by molar-refractivity contribution is 0.586. The number of nitrogens with one attached hydrogen (secondary N) is 3. The summed E-state index contributed by atoms with van der Waals surface area (Å²) in [6.45, 7) is 5.47. The third-order valence-electron chi connectivity index (χ3n) is 4.00. The number of imidazole rings is 1. The summed E-state index contributed by atoms with van der Waals surface area (Å²) in [4.78, 5) is 12.0. The van der Waals surface area contributed by atoms with Crippen LogP contribution in [0.15, 0.2) is 36.7 Å². The zero-order valence-electron chi connectivity index (χ0n) is 12.1. The third-order valence-corrected chi connectivity index (χ3v) is 4.00. The Bertz CT molecular complexity index is 804. The smallest absolute Gasteiger partial charge is 0.205 e. The first kappa shape index (κ1) is 12.2. The summed E-state index contributed by atoms with van der Waals surface area (Å²) in [5, 5.41) is 6.70. The fourth-order valence-electron chi connectivity index (χ4n) is 2.81. The maximum atomic E-state index is 4.60. The minimum Gasteiger partial charge on any atom is -0.384 e. The second-order valence-electron chi connectivity index (χ2n) is 6.10. The van der Waals surface area contributed by atoms with Crippen molar-refractivity contribution in [2.75, 3.05) is 17.2 Å². The van der Waals surface area contributed by atoms with Crippen LogP contribution in [0.3, 0.4) is 0 Å².